The van der Waals surface area contributed by atoms with Crippen LogP contribution in [0.2, 0.25) is 0 Å². The molecule has 0 saturated carbocycles. The fraction of sp³-hybridized carbons (Fsp3) is 0.229. The number of pyridine rings is 2. The molecule has 40 heavy (non-hydrogen) atoms. The zero-order valence-corrected chi connectivity index (χ0v) is 23.8. The molecule has 0 aliphatic heterocycles. The first-order chi connectivity index (χ1) is 19.3. The first-order valence-electron chi connectivity index (χ1n) is 14.0. The molecule has 0 saturated heterocycles. The van der Waals surface area contributed by atoms with E-state index in [2.05, 4.69) is 99.8 Å². The highest BCUT2D eigenvalue weighted by molar-refractivity contribution is 6.07. The maximum absolute atomic E-state index is 6.49. The monoisotopic (exact) mass is 524 g/mol. The summed E-state index contributed by atoms with van der Waals surface area (Å²) in [6.07, 6.45) is 1.86. The summed E-state index contributed by atoms with van der Waals surface area (Å²) in [5, 5.41) is 3.51. The first-order valence-corrected chi connectivity index (χ1v) is 14.0. The standard InChI is InChI=1S/C35H32N4O/c1-19(2)26-18-23-11-7-8-12-24(23)29(20(3)4)32(26)39-28-14-10-9-13-27(28)38-34(39)25-15-16-36-31-30-21(5)17-22(6)37-35(30)40-33(25)31/h7-20H,1-6H3. The molecule has 0 amide bonds. The summed E-state index contributed by atoms with van der Waals surface area (Å²) < 4.78 is 8.85. The highest BCUT2D eigenvalue weighted by atomic mass is 16.3. The number of para-hydroxylation sites is 2. The van der Waals surface area contributed by atoms with Gasteiger partial charge in [0.25, 0.3) is 0 Å². The van der Waals surface area contributed by atoms with Crippen LogP contribution in [0.5, 0.6) is 0 Å². The normalized spacial score (nSPS) is 12.2. The van der Waals surface area contributed by atoms with Gasteiger partial charge in [-0.05, 0) is 83.5 Å². The van der Waals surface area contributed by atoms with Crippen LogP contribution in [0.4, 0.5) is 0 Å². The van der Waals surface area contributed by atoms with E-state index in [-0.39, 0.29) is 0 Å². The topological polar surface area (TPSA) is 56.7 Å². The number of benzene rings is 3. The van der Waals surface area contributed by atoms with Gasteiger partial charge in [-0.3, -0.25) is 9.55 Å². The molecular weight excluding hydrogens is 492 g/mol. The number of nitrogens with zero attached hydrogens (tertiary/aromatic N) is 4. The summed E-state index contributed by atoms with van der Waals surface area (Å²) >= 11 is 0. The van der Waals surface area contributed by atoms with Crippen molar-refractivity contribution in [2.75, 3.05) is 0 Å². The number of imidazole rings is 1. The number of fused-ring (bicyclic) bond motifs is 5. The Balaban J connectivity index is 1.66. The zero-order valence-electron chi connectivity index (χ0n) is 23.8. The molecule has 198 valence electrons. The Kier molecular flexibility index (Phi) is 5.53. The smallest absolute Gasteiger partial charge is 0.229 e. The molecule has 0 spiro atoms. The predicted molar refractivity (Wildman–Crippen MR) is 165 cm³/mol. The molecule has 0 bridgehead atoms. The van der Waals surface area contributed by atoms with Crippen molar-refractivity contribution in [3.05, 3.63) is 95.3 Å². The number of hydrogen-bond donors (Lipinski definition) is 0. The molecule has 3 aromatic carbocycles. The largest absolute Gasteiger partial charge is 0.435 e. The van der Waals surface area contributed by atoms with E-state index in [0.717, 1.165) is 44.6 Å². The molecule has 0 unspecified atom stereocenters. The van der Waals surface area contributed by atoms with Gasteiger partial charge in [0.05, 0.1) is 27.7 Å². The van der Waals surface area contributed by atoms with E-state index in [0.29, 0.717) is 23.1 Å². The van der Waals surface area contributed by atoms with E-state index in [4.69, 9.17) is 19.4 Å². The lowest BCUT2D eigenvalue weighted by atomic mass is 9.87. The number of hydrogen-bond acceptors (Lipinski definition) is 4. The minimum absolute atomic E-state index is 0.297. The van der Waals surface area contributed by atoms with Crippen LogP contribution in [0, 0.1) is 13.8 Å². The fourth-order valence-corrected chi connectivity index (χ4v) is 6.26. The van der Waals surface area contributed by atoms with Crippen molar-refractivity contribution in [1.29, 1.82) is 0 Å². The maximum atomic E-state index is 6.49. The second-order valence-corrected chi connectivity index (χ2v) is 11.4. The van der Waals surface area contributed by atoms with E-state index < -0.39 is 0 Å². The van der Waals surface area contributed by atoms with Crippen LogP contribution in [0.3, 0.4) is 0 Å². The molecule has 0 aliphatic rings. The van der Waals surface area contributed by atoms with Crippen molar-refractivity contribution in [1.82, 2.24) is 19.5 Å². The van der Waals surface area contributed by atoms with Gasteiger partial charge in [0.2, 0.25) is 5.71 Å². The summed E-state index contributed by atoms with van der Waals surface area (Å²) in [4.78, 5) is 14.7. The van der Waals surface area contributed by atoms with Gasteiger partial charge in [0, 0.05) is 11.9 Å². The minimum atomic E-state index is 0.297. The van der Waals surface area contributed by atoms with Crippen molar-refractivity contribution in [2.45, 2.75) is 53.4 Å². The molecule has 0 atom stereocenters. The molecule has 5 nitrogen and oxygen atoms in total. The Morgan fingerprint density at radius 2 is 1.60 bits per heavy atom. The van der Waals surface area contributed by atoms with Crippen LogP contribution >= 0.6 is 0 Å². The summed E-state index contributed by atoms with van der Waals surface area (Å²) in [5.74, 6) is 1.46. The third-order valence-electron chi connectivity index (χ3n) is 7.97. The molecular formula is C35H32N4O. The van der Waals surface area contributed by atoms with Crippen LogP contribution in [-0.4, -0.2) is 19.5 Å². The predicted octanol–water partition coefficient (Wildman–Crippen LogP) is 9.40. The molecule has 4 heterocycles. The highest BCUT2D eigenvalue weighted by Crippen LogP contribution is 2.43. The average Bonchev–Trinajstić information content (AvgIpc) is 3.50. The molecule has 0 fully saturated rings. The van der Waals surface area contributed by atoms with Gasteiger partial charge in [-0.25, -0.2) is 9.97 Å². The molecule has 7 rings (SSSR count). The van der Waals surface area contributed by atoms with E-state index in [1.165, 1.54) is 27.6 Å². The Bertz CT molecular complexity index is 2090. The van der Waals surface area contributed by atoms with Gasteiger partial charge < -0.3 is 4.42 Å². The van der Waals surface area contributed by atoms with Crippen molar-refractivity contribution >= 4 is 44.0 Å². The average molecular weight is 525 g/mol. The molecule has 0 N–H and O–H groups in total. The van der Waals surface area contributed by atoms with Gasteiger partial charge >= 0.3 is 0 Å². The van der Waals surface area contributed by atoms with Crippen molar-refractivity contribution in [3.63, 3.8) is 0 Å². The van der Waals surface area contributed by atoms with E-state index >= 15 is 0 Å². The third-order valence-corrected chi connectivity index (χ3v) is 7.97. The lowest BCUT2D eigenvalue weighted by Gasteiger charge is -2.25. The van der Waals surface area contributed by atoms with Gasteiger partial charge in [-0.1, -0.05) is 64.1 Å². The third kappa shape index (κ3) is 3.57. The second kappa shape index (κ2) is 9.02. The number of aryl methyl sites for hydroxylation is 2. The van der Waals surface area contributed by atoms with Crippen LogP contribution in [0.1, 0.15) is 61.9 Å². The lowest BCUT2D eigenvalue weighted by molar-refractivity contribution is 0.652. The van der Waals surface area contributed by atoms with Crippen LogP contribution in [-0.2, 0) is 0 Å². The maximum Gasteiger partial charge on any atom is 0.229 e. The Morgan fingerprint density at radius 3 is 2.40 bits per heavy atom. The van der Waals surface area contributed by atoms with Crippen LogP contribution in [0.15, 0.2) is 77.3 Å². The summed E-state index contributed by atoms with van der Waals surface area (Å²) in [6, 6.07) is 23.6. The van der Waals surface area contributed by atoms with Gasteiger partial charge in [-0.2, -0.15) is 0 Å². The van der Waals surface area contributed by atoms with Crippen molar-refractivity contribution in [3.8, 4) is 17.1 Å². The first kappa shape index (κ1) is 24.5. The zero-order chi connectivity index (χ0) is 27.7. The number of rotatable bonds is 4. The van der Waals surface area contributed by atoms with E-state index in [1.807, 2.05) is 19.2 Å². The molecule has 0 aliphatic carbocycles. The van der Waals surface area contributed by atoms with Gasteiger partial charge in [0.1, 0.15) is 11.3 Å². The van der Waals surface area contributed by atoms with E-state index in [1.54, 1.807) is 0 Å². The lowest BCUT2D eigenvalue weighted by Crippen LogP contribution is -2.09. The quantitative estimate of drug-likeness (QED) is 0.230. The number of aromatic nitrogens is 4. The molecule has 4 aromatic heterocycles. The number of furan rings is 1. The summed E-state index contributed by atoms with van der Waals surface area (Å²) in [7, 11) is 0. The highest BCUT2D eigenvalue weighted by Gasteiger charge is 2.26. The van der Waals surface area contributed by atoms with Crippen LogP contribution in [0.25, 0.3) is 61.1 Å². The SMILES string of the molecule is Cc1cc(C)c2c(n1)oc1c(-c3nc4ccccc4n3-c3c(C(C)C)cc4ccccc4c3C(C)C)ccnc12. The summed E-state index contributed by atoms with van der Waals surface area (Å²) in [6.45, 7) is 13.2. The van der Waals surface area contributed by atoms with Gasteiger partial charge in [-0.15, -0.1) is 0 Å². The molecule has 0 radical (unpaired) electrons. The Hall–Kier alpha value is -4.51. The second-order valence-electron chi connectivity index (χ2n) is 11.4. The Morgan fingerprint density at radius 1 is 0.825 bits per heavy atom. The van der Waals surface area contributed by atoms with Gasteiger partial charge in [0.15, 0.2) is 5.58 Å². The molecule has 5 heteroatoms. The fourth-order valence-electron chi connectivity index (χ4n) is 6.26. The van der Waals surface area contributed by atoms with E-state index in [9.17, 15) is 0 Å². The van der Waals surface area contributed by atoms with Crippen molar-refractivity contribution in [2.24, 2.45) is 0 Å². The molecule has 7 aromatic rings. The van der Waals surface area contributed by atoms with Crippen molar-refractivity contribution < 1.29 is 4.42 Å². The summed E-state index contributed by atoms with van der Waals surface area (Å²) in [5.41, 5.74) is 11.0. The minimum Gasteiger partial charge on any atom is -0.435 e. The Labute approximate surface area is 233 Å². The van der Waals surface area contributed by atoms with Crippen LogP contribution < -0.4 is 0 Å².